The van der Waals surface area contributed by atoms with Crippen LogP contribution in [0.3, 0.4) is 0 Å². The topological polar surface area (TPSA) is 58.0 Å². The van der Waals surface area contributed by atoms with Gasteiger partial charge in [-0.2, -0.15) is 4.37 Å². The van der Waals surface area contributed by atoms with Gasteiger partial charge in [-0.05, 0) is 18.8 Å². The van der Waals surface area contributed by atoms with Crippen LogP contribution < -0.4 is 5.32 Å². The van der Waals surface area contributed by atoms with E-state index in [-0.39, 0.29) is 18.1 Å². The molecule has 0 aliphatic heterocycles. The zero-order valence-corrected chi connectivity index (χ0v) is 10.6. The van der Waals surface area contributed by atoms with E-state index in [1.807, 2.05) is 6.92 Å². The van der Waals surface area contributed by atoms with Crippen LogP contribution in [0.5, 0.6) is 0 Å². The van der Waals surface area contributed by atoms with Crippen molar-refractivity contribution in [2.45, 2.75) is 40.2 Å². The molecule has 1 unspecified atom stereocenters. The predicted molar refractivity (Wildman–Crippen MR) is 63.2 cm³/mol. The summed E-state index contributed by atoms with van der Waals surface area (Å²) in [7, 11) is 0. The number of nitrogens with one attached hydrogen (secondary N) is 1. The van der Waals surface area contributed by atoms with Gasteiger partial charge in [0, 0.05) is 24.2 Å². The molecule has 15 heavy (non-hydrogen) atoms. The molecule has 0 spiro atoms. The highest BCUT2D eigenvalue weighted by atomic mass is 32.1. The first-order valence-corrected chi connectivity index (χ1v) is 5.88. The van der Waals surface area contributed by atoms with Gasteiger partial charge >= 0.3 is 0 Å². The third-order valence-electron chi connectivity index (χ3n) is 2.29. The standard InChI is InChI=1S/C10H19N3OS/c1-7-11-9(15-13-7)12-8(5-6-14)10(2,3)4/h8,14H,5-6H2,1-4H3,(H,11,12,13). The quantitative estimate of drug-likeness (QED) is 0.829. The second-order valence-corrected chi connectivity index (χ2v) is 5.47. The van der Waals surface area contributed by atoms with Crippen molar-refractivity contribution in [3.05, 3.63) is 5.82 Å². The number of rotatable bonds is 4. The van der Waals surface area contributed by atoms with E-state index >= 15 is 0 Å². The van der Waals surface area contributed by atoms with E-state index in [2.05, 4.69) is 35.4 Å². The minimum Gasteiger partial charge on any atom is -0.396 e. The summed E-state index contributed by atoms with van der Waals surface area (Å²) in [5.74, 6) is 0.791. The van der Waals surface area contributed by atoms with E-state index in [1.165, 1.54) is 11.5 Å². The van der Waals surface area contributed by atoms with Crippen molar-refractivity contribution in [3.8, 4) is 0 Å². The van der Waals surface area contributed by atoms with E-state index in [9.17, 15) is 0 Å². The molecule has 0 aromatic carbocycles. The number of nitrogens with zero attached hydrogens (tertiary/aromatic N) is 2. The number of anilines is 1. The van der Waals surface area contributed by atoms with Gasteiger partial charge in [0.2, 0.25) is 5.13 Å². The molecular formula is C10H19N3OS. The summed E-state index contributed by atoms with van der Waals surface area (Å²) in [6, 6.07) is 0.217. The van der Waals surface area contributed by atoms with Crippen molar-refractivity contribution >= 4 is 16.7 Å². The summed E-state index contributed by atoms with van der Waals surface area (Å²) < 4.78 is 4.12. The maximum atomic E-state index is 9.01. The molecule has 1 rings (SSSR count). The lowest BCUT2D eigenvalue weighted by Gasteiger charge is -2.30. The molecule has 1 aromatic heterocycles. The number of aliphatic hydroxyl groups is 1. The molecule has 1 atom stereocenters. The highest BCUT2D eigenvalue weighted by Crippen LogP contribution is 2.26. The maximum Gasteiger partial charge on any atom is 0.202 e. The van der Waals surface area contributed by atoms with E-state index < -0.39 is 0 Å². The minimum atomic E-state index is 0.0995. The monoisotopic (exact) mass is 229 g/mol. The normalized spacial score (nSPS) is 13.9. The lowest BCUT2D eigenvalue weighted by molar-refractivity contribution is 0.235. The molecule has 0 amide bonds. The summed E-state index contributed by atoms with van der Waals surface area (Å²) in [5.41, 5.74) is 0.0995. The fourth-order valence-corrected chi connectivity index (χ4v) is 1.98. The fourth-order valence-electron chi connectivity index (χ4n) is 1.36. The number of aryl methyl sites for hydroxylation is 1. The van der Waals surface area contributed by atoms with Crippen molar-refractivity contribution < 1.29 is 5.11 Å². The molecule has 1 heterocycles. The largest absolute Gasteiger partial charge is 0.396 e. The van der Waals surface area contributed by atoms with Gasteiger partial charge in [0.25, 0.3) is 0 Å². The highest BCUT2D eigenvalue weighted by Gasteiger charge is 2.24. The Morgan fingerprint density at radius 3 is 2.53 bits per heavy atom. The van der Waals surface area contributed by atoms with E-state index in [1.54, 1.807) is 0 Å². The Morgan fingerprint density at radius 2 is 2.13 bits per heavy atom. The second kappa shape index (κ2) is 4.90. The molecule has 0 saturated carbocycles. The minimum absolute atomic E-state index is 0.0995. The third kappa shape index (κ3) is 3.76. The van der Waals surface area contributed by atoms with Gasteiger partial charge in [-0.1, -0.05) is 20.8 Å². The molecule has 0 bridgehead atoms. The second-order valence-electron chi connectivity index (χ2n) is 4.72. The summed E-state index contributed by atoms with van der Waals surface area (Å²) >= 11 is 1.37. The summed E-state index contributed by atoms with van der Waals surface area (Å²) in [5, 5.41) is 13.2. The summed E-state index contributed by atoms with van der Waals surface area (Å²) in [6.07, 6.45) is 0.724. The molecule has 0 saturated heterocycles. The molecule has 0 radical (unpaired) electrons. The Balaban J connectivity index is 2.66. The zero-order valence-electron chi connectivity index (χ0n) is 9.74. The lowest BCUT2D eigenvalue weighted by atomic mass is 9.85. The van der Waals surface area contributed by atoms with Crippen molar-refractivity contribution in [2.75, 3.05) is 11.9 Å². The molecule has 5 heteroatoms. The smallest absolute Gasteiger partial charge is 0.202 e. The first-order chi connectivity index (χ1) is 6.93. The van der Waals surface area contributed by atoms with Gasteiger partial charge in [-0.25, -0.2) is 4.98 Å². The third-order valence-corrected chi connectivity index (χ3v) is 3.03. The van der Waals surface area contributed by atoms with Gasteiger partial charge in [-0.3, -0.25) is 0 Å². The van der Waals surface area contributed by atoms with Crippen LogP contribution in [0.4, 0.5) is 5.13 Å². The van der Waals surface area contributed by atoms with Crippen LogP contribution in [0.15, 0.2) is 0 Å². The van der Waals surface area contributed by atoms with Crippen LogP contribution >= 0.6 is 11.5 Å². The van der Waals surface area contributed by atoms with Crippen LogP contribution in [-0.2, 0) is 0 Å². The average molecular weight is 229 g/mol. The van der Waals surface area contributed by atoms with Crippen LogP contribution in [0, 0.1) is 12.3 Å². The van der Waals surface area contributed by atoms with Gasteiger partial charge in [0.1, 0.15) is 5.82 Å². The fraction of sp³-hybridized carbons (Fsp3) is 0.800. The Hall–Kier alpha value is -0.680. The van der Waals surface area contributed by atoms with Crippen molar-refractivity contribution in [3.63, 3.8) is 0 Å². The SMILES string of the molecule is Cc1nsc(NC(CCO)C(C)(C)C)n1. The molecule has 0 aliphatic rings. The number of aliphatic hydroxyl groups excluding tert-OH is 1. The molecule has 0 aliphatic carbocycles. The van der Waals surface area contributed by atoms with Gasteiger partial charge < -0.3 is 10.4 Å². The molecule has 2 N–H and O–H groups in total. The number of hydrogen-bond acceptors (Lipinski definition) is 5. The first-order valence-electron chi connectivity index (χ1n) is 5.11. The molecule has 0 fully saturated rings. The molecular weight excluding hydrogens is 210 g/mol. The molecule has 4 nitrogen and oxygen atoms in total. The van der Waals surface area contributed by atoms with Gasteiger partial charge in [-0.15, -0.1) is 0 Å². The number of hydrogen-bond donors (Lipinski definition) is 2. The van der Waals surface area contributed by atoms with Crippen molar-refractivity contribution in [1.82, 2.24) is 9.36 Å². The van der Waals surface area contributed by atoms with E-state index in [0.29, 0.717) is 0 Å². The van der Waals surface area contributed by atoms with E-state index in [4.69, 9.17) is 5.11 Å². The molecule has 86 valence electrons. The Kier molecular flexibility index (Phi) is 4.04. The van der Waals surface area contributed by atoms with Crippen LogP contribution in [0.1, 0.15) is 33.0 Å². The first kappa shape index (κ1) is 12.4. The van der Waals surface area contributed by atoms with E-state index in [0.717, 1.165) is 17.4 Å². The van der Waals surface area contributed by atoms with Crippen molar-refractivity contribution in [1.29, 1.82) is 0 Å². The summed E-state index contributed by atoms with van der Waals surface area (Å²) in [6.45, 7) is 8.50. The van der Waals surface area contributed by atoms with Crippen LogP contribution in [0.25, 0.3) is 0 Å². The molecule has 1 aromatic rings. The number of aromatic nitrogens is 2. The van der Waals surface area contributed by atoms with Gasteiger partial charge in [0.05, 0.1) is 0 Å². The lowest BCUT2D eigenvalue weighted by Crippen LogP contribution is -2.34. The zero-order chi connectivity index (χ0) is 11.5. The Bertz CT molecular complexity index is 306. The highest BCUT2D eigenvalue weighted by molar-refractivity contribution is 7.09. The van der Waals surface area contributed by atoms with Gasteiger partial charge in [0.15, 0.2) is 0 Å². The Labute approximate surface area is 94.9 Å². The Morgan fingerprint density at radius 1 is 1.47 bits per heavy atom. The van der Waals surface area contributed by atoms with Crippen LogP contribution in [0.2, 0.25) is 0 Å². The maximum absolute atomic E-state index is 9.01. The average Bonchev–Trinajstić information content (AvgIpc) is 2.49. The predicted octanol–water partition coefficient (Wildman–Crippen LogP) is 2.06. The summed E-state index contributed by atoms with van der Waals surface area (Å²) in [4.78, 5) is 4.26. The van der Waals surface area contributed by atoms with Crippen molar-refractivity contribution in [2.24, 2.45) is 5.41 Å². The van der Waals surface area contributed by atoms with Crippen LogP contribution in [-0.4, -0.2) is 27.1 Å².